The van der Waals surface area contributed by atoms with Crippen LogP contribution < -0.4 is 10.5 Å². The molecule has 0 spiro atoms. The van der Waals surface area contributed by atoms with E-state index in [9.17, 15) is 18.7 Å². The Kier molecular flexibility index (Phi) is 4.30. The Morgan fingerprint density at radius 2 is 2.17 bits per heavy atom. The molecule has 0 aliphatic carbocycles. The van der Waals surface area contributed by atoms with Gasteiger partial charge in [-0.05, 0) is 38.0 Å². The van der Waals surface area contributed by atoms with Crippen molar-refractivity contribution < 1.29 is 13.9 Å². The minimum absolute atomic E-state index is 0.0976. The van der Waals surface area contributed by atoms with Gasteiger partial charge in [-0.25, -0.2) is 8.78 Å². The van der Waals surface area contributed by atoms with Crippen LogP contribution in [0.5, 0.6) is 5.75 Å². The van der Waals surface area contributed by atoms with Crippen LogP contribution in [0, 0.1) is 12.7 Å². The molecule has 0 saturated carbocycles. The van der Waals surface area contributed by atoms with Gasteiger partial charge in [0, 0.05) is 29.9 Å². The molecule has 1 aromatic heterocycles. The van der Waals surface area contributed by atoms with Crippen molar-refractivity contribution in [1.29, 1.82) is 0 Å². The monoisotopic (exact) mass is 334 g/mol. The zero-order valence-electron chi connectivity index (χ0n) is 13.7. The summed E-state index contributed by atoms with van der Waals surface area (Å²) >= 11 is 0. The van der Waals surface area contributed by atoms with Crippen LogP contribution in [0.4, 0.5) is 14.5 Å². The van der Waals surface area contributed by atoms with Crippen molar-refractivity contribution in [1.82, 2.24) is 4.98 Å². The first-order chi connectivity index (χ1) is 11.4. The Labute approximate surface area is 138 Å². The normalized spacial score (nSPS) is 17.5. The van der Waals surface area contributed by atoms with Gasteiger partial charge in [-0.1, -0.05) is 6.92 Å². The van der Waals surface area contributed by atoms with Crippen molar-refractivity contribution in [3.05, 3.63) is 45.5 Å². The van der Waals surface area contributed by atoms with Crippen LogP contribution in [0.25, 0.3) is 11.3 Å². The lowest BCUT2D eigenvalue weighted by atomic mass is 10.00. The summed E-state index contributed by atoms with van der Waals surface area (Å²) in [7, 11) is 0. The Bertz CT molecular complexity index is 832. The fourth-order valence-corrected chi connectivity index (χ4v) is 3.16. The number of nitrogens with one attached hydrogen (secondary N) is 1. The first kappa shape index (κ1) is 16.5. The van der Waals surface area contributed by atoms with Gasteiger partial charge in [-0.2, -0.15) is 0 Å². The molecule has 1 aliphatic rings. The summed E-state index contributed by atoms with van der Waals surface area (Å²) in [6, 6.07) is 4.63. The number of nitrogens with zero attached hydrogens (tertiary/aromatic N) is 1. The molecule has 24 heavy (non-hydrogen) atoms. The molecule has 2 heterocycles. The first-order valence-electron chi connectivity index (χ1n) is 8.06. The zero-order valence-corrected chi connectivity index (χ0v) is 13.7. The third-order valence-electron chi connectivity index (χ3n) is 4.59. The molecule has 1 fully saturated rings. The number of hydrogen-bond acceptors (Lipinski definition) is 3. The summed E-state index contributed by atoms with van der Waals surface area (Å²) in [6.45, 7) is 4.18. The van der Waals surface area contributed by atoms with Crippen molar-refractivity contribution in [3.63, 3.8) is 0 Å². The second-order valence-corrected chi connectivity index (χ2v) is 6.13. The SMILES string of the molecule is CCc1c(-c2ccc(N3CC[C@H](F)C3)cc2F)[nH]c(=O)c(C)c1O. The Hall–Kier alpha value is -2.37. The molecule has 1 atom stereocenters. The molecule has 0 unspecified atom stereocenters. The van der Waals surface area contributed by atoms with E-state index >= 15 is 0 Å². The van der Waals surface area contributed by atoms with E-state index in [1.807, 2.05) is 6.92 Å². The molecule has 4 nitrogen and oxygen atoms in total. The van der Waals surface area contributed by atoms with Gasteiger partial charge in [0.05, 0.1) is 11.3 Å². The predicted molar refractivity (Wildman–Crippen MR) is 90.0 cm³/mol. The van der Waals surface area contributed by atoms with E-state index < -0.39 is 17.5 Å². The van der Waals surface area contributed by atoms with Crippen LogP contribution in [0.3, 0.4) is 0 Å². The Morgan fingerprint density at radius 1 is 1.42 bits per heavy atom. The number of halogens is 2. The number of rotatable bonds is 3. The van der Waals surface area contributed by atoms with Gasteiger partial charge in [0.25, 0.3) is 5.56 Å². The third-order valence-corrected chi connectivity index (χ3v) is 4.59. The summed E-state index contributed by atoms with van der Waals surface area (Å²) in [4.78, 5) is 16.4. The number of aromatic hydroxyl groups is 1. The van der Waals surface area contributed by atoms with Crippen LogP contribution in [-0.4, -0.2) is 29.4 Å². The largest absolute Gasteiger partial charge is 0.507 e. The smallest absolute Gasteiger partial charge is 0.255 e. The molecule has 3 rings (SSSR count). The lowest BCUT2D eigenvalue weighted by molar-refractivity contribution is 0.364. The van der Waals surface area contributed by atoms with Gasteiger partial charge in [-0.15, -0.1) is 0 Å². The number of pyridine rings is 1. The summed E-state index contributed by atoms with van der Waals surface area (Å²) < 4.78 is 28.0. The molecule has 1 aromatic carbocycles. The van der Waals surface area contributed by atoms with Crippen LogP contribution in [-0.2, 0) is 6.42 Å². The molecule has 0 amide bonds. The van der Waals surface area contributed by atoms with Crippen molar-refractivity contribution in [2.24, 2.45) is 0 Å². The number of alkyl halides is 1. The number of benzene rings is 1. The molecule has 6 heteroatoms. The summed E-state index contributed by atoms with van der Waals surface area (Å²) in [5.41, 5.74) is 1.41. The number of aromatic amines is 1. The number of anilines is 1. The molecule has 1 aliphatic heterocycles. The van der Waals surface area contributed by atoms with Crippen molar-refractivity contribution in [3.8, 4) is 17.0 Å². The van der Waals surface area contributed by atoms with E-state index in [4.69, 9.17) is 0 Å². The van der Waals surface area contributed by atoms with E-state index in [-0.39, 0.29) is 23.4 Å². The lowest BCUT2D eigenvalue weighted by Crippen LogP contribution is -2.20. The molecular formula is C18H20F2N2O2. The maximum atomic E-state index is 14.6. The average molecular weight is 334 g/mol. The maximum absolute atomic E-state index is 14.6. The highest BCUT2D eigenvalue weighted by molar-refractivity contribution is 5.69. The fourth-order valence-electron chi connectivity index (χ4n) is 3.16. The molecule has 1 saturated heterocycles. The van der Waals surface area contributed by atoms with Crippen LogP contribution in [0.1, 0.15) is 24.5 Å². The first-order valence-corrected chi connectivity index (χ1v) is 8.06. The zero-order chi connectivity index (χ0) is 17.4. The van der Waals surface area contributed by atoms with Gasteiger partial charge < -0.3 is 15.0 Å². The highest BCUT2D eigenvalue weighted by atomic mass is 19.1. The quantitative estimate of drug-likeness (QED) is 0.905. The van der Waals surface area contributed by atoms with Gasteiger partial charge >= 0.3 is 0 Å². The predicted octanol–water partition coefficient (Wildman–Crippen LogP) is 3.31. The standard InChI is InChI=1S/C18H20F2N2O2/c1-3-13-16(21-18(24)10(2)17(13)23)14-5-4-12(8-15(14)20)22-7-6-11(19)9-22/h4-5,8,11H,3,6-7,9H2,1-2H3,(H2,21,23,24)/t11-/m0/s1. The molecule has 128 valence electrons. The Balaban J connectivity index is 2.06. The highest BCUT2D eigenvalue weighted by Gasteiger charge is 2.23. The number of aromatic nitrogens is 1. The second-order valence-electron chi connectivity index (χ2n) is 6.13. The molecule has 2 aromatic rings. The fraction of sp³-hybridized carbons (Fsp3) is 0.389. The molecular weight excluding hydrogens is 314 g/mol. The van der Waals surface area contributed by atoms with E-state index in [1.54, 1.807) is 17.0 Å². The van der Waals surface area contributed by atoms with Crippen molar-refractivity contribution >= 4 is 5.69 Å². The average Bonchev–Trinajstić information content (AvgIpc) is 2.99. The lowest BCUT2D eigenvalue weighted by Gasteiger charge is -2.19. The second kappa shape index (κ2) is 6.26. The van der Waals surface area contributed by atoms with E-state index in [0.717, 1.165) is 0 Å². The molecule has 2 N–H and O–H groups in total. The summed E-state index contributed by atoms with van der Waals surface area (Å²) in [5.74, 6) is -0.608. The summed E-state index contributed by atoms with van der Waals surface area (Å²) in [5, 5.41) is 10.2. The van der Waals surface area contributed by atoms with Gasteiger partial charge in [0.1, 0.15) is 17.7 Å². The topological polar surface area (TPSA) is 56.3 Å². The van der Waals surface area contributed by atoms with Crippen LogP contribution in [0.15, 0.2) is 23.0 Å². The summed E-state index contributed by atoms with van der Waals surface area (Å²) in [6.07, 6.45) is 0.0165. The Morgan fingerprint density at radius 3 is 2.75 bits per heavy atom. The van der Waals surface area contributed by atoms with E-state index in [2.05, 4.69) is 4.98 Å². The van der Waals surface area contributed by atoms with Crippen LogP contribution >= 0.6 is 0 Å². The van der Waals surface area contributed by atoms with Crippen molar-refractivity contribution in [2.75, 3.05) is 18.0 Å². The van der Waals surface area contributed by atoms with Gasteiger partial charge in [-0.3, -0.25) is 4.79 Å². The van der Waals surface area contributed by atoms with E-state index in [0.29, 0.717) is 36.3 Å². The minimum Gasteiger partial charge on any atom is -0.507 e. The third kappa shape index (κ3) is 2.77. The van der Waals surface area contributed by atoms with Crippen LogP contribution in [0.2, 0.25) is 0 Å². The molecule has 0 bridgehead atoms. The minimum atomic E-state index is -0.884. The van der Waals surface area contributed by atoms with Gasteiger partial charge in [0.15, 0.2) is 0 Å². The highest BCUT2D eigenvalue weighted by Crippen LogP contribution is 2.33. The molecule has 0 radical (unpaired) electrons. The number of H-pyrrole nitrogens is 1. The van der Waals surface area contributed by atoms with E-state index in [1.165, 1.54) is 13.0 Å². The van der Waals surface area contributed by atoms with Gasteiger partial charge in [0.2, 0.25) is 0 Å². The van der Waals surface area contributed by atoms with Crippen molar-refractivity contribution in [2.45, 2.75) is 32.9 Å². The number of hydrogen-bond donors (Lipinski definition) is 2. The maximum Gasteiger partial charge on any atom is 0.255 e.